The van der Waals surface area contributed by atoms with Gasteiger partial charge in [0, 0.05) is 5.69 Å². The van der Waals surface area contributed by atoms with Gasteiger partial charge in [0.05, 0.1) is 0 Å². The van der Waals surface area contributed by atoms with Crippen molar-refractivity contribution in [3.63, 3.8) is 0 Å². The highest BCUT2D eigenvalue weighted by atomic mass is 14.5. The molecule has 0 saturated heterocycles. The van der Waals surface area contributed by atoms with Gasteiger partial charge in [-0.25, -0.2) is 0 Å². The number of anilines is 1. The van der Waals surface area contributed by atoms with Gasteiger partial charge < -0.3 is 5.73 Å². The summed E-state index contributed by atoms with van der Waals surface area (Å²) in [5.41, 5.74) is 8.99. The molecule has 0 heterocycles. The maximum absolute atomic E-state index is 5.71. The summed E-state index contributed by atoms with van der Waals surface area (Å²) in [5.74, 6) is 0. The average molecular weight is 209 g/mol. The Bertz CT molecular complexity index is 472. The molecule has 0 spiro atoms. The molecule has 0 aromatic heterocycles. The van der Waals surface area contributed by atoms with Crippen LogP contribution in [0.25, 0.3) is 6.08 Å². The van der Waals surface area contributed by atoms with Crippen LogP contribution in [0.2, 0.25) is 0 Å². The molecule has 0 bridgehead atoms. The Morgan fingerprint density at radius 2 is 1.75 bits per heavy atom. The van der Waals surface area contributed by atoms with Crippen LogP contribution < -0.4 is 5.73 Å². The first-order chi connectivity index (χ1) is 7.84. The second-order valence-corrected chi connectivity index (χ2v) is 3.76. The number of nitrogens with two attached hydrogens (primary N) is 1. The Morgan fingerprint density at radius 3 is 2.50 bits per heavy atom. The molecule has 0 saturated carbocycles. The molecule has 0 aliphatic heterocycles. The number of hydrogen-bond donors (Lipinski definition) is 1. The Hall–Kier alpha value is -2.02. The fraction of sp³-hybridized carbons (Fsp3) is 0.0667. The quantitative estimate of drug-likeness (QED) is 0.769. The molecule has 0 unspecified atom stereocenters. The molecule has 2 aromatic carbocycles. The van der Waals surface area contributed by atoms with E-state index in [-0.39, 0.29) is 0 Å². The molecule has 2 rings (SSSR count). The lowest BCUT2D eigenvalue weighted by Gasteiger charge is -1.96. The highest BCUT2D eigenvalue weighted by molar-refractivity contribution is 5.55. The van der Waals surface area contributed by atoms with Crippen LogP contribution in [-0.4, -0.2) is 0 Å². The molecule has 0 aliphatic rings. The minimum atomic E-state index is 0.807. The molecule has 0 atom stereocenters. The minimum absolute atomic E-state index is 0.807. The smallest absolute Gasteiger partial charge is 0.0319 e. The summed E-state index contributed by atoms with van der Waals surface area (Å²) >= 11 is 0. The van der Waals surface area contributed by atoms with Gasteiger partial charge in [-0.15, -0.1) is 0 Å². The van der Waals surface area contributed by atoms with Gasteiger partial charge in [0.25, 0.3) is 0 Å². The number of nitrogen functional groups attached to an aromatic ring is 1. The van der Waals surface area contributed by atoms with Gasteiger partial charge >= 0.3 is 0 Å². The zero-order chi connectivity index (χ0) is 11.2. The lowest BCUT2D eigenvalue weighted by atomic mass is 10.1. The van der Waals surface area contributed by atoms with E-state index in [1.807, 2.05) is 24.3 Å². The molecule has 0 amide bonds. The fourth-order valence-electron chi connectivity index (χ4n) is 1.61. The van der Waals surface area contributed by atoms with E-state index in [0.717, 1.165) is 17.7 Å². The van der Waals surface area contributed by atoms with Gasteiger partial charge in [-0.2, -0.15) is 0 Å². The first-order valence-corrected chi connectivity index (χ1v) is 5.40. The molecule has 16 heavy (non-hydrogen) atoms. The van der Waals surface area contributed by atoms with E-state index in [2.05, 4.69) is 42.5 Å². The highest BCUT2D eigenvalue weighted by Gasteiger charge is 1.89. The van der Waals surface area contributed by atoms with Gasteiger partial charge in [-0.3, -0.25) is 0 Å². The third-order valence-corrected chi connectivity index (χ3v) is 2.42. The van der Waals surface area contributed by atoms with Crippen LogP contribution in [0.5, 0.6) is 0 Å². The maximum atomic E-state index is 5.71. The van der Waals surface area contributed by atoms with Crippen molar-refractivity contribution in [3.8, 4) is 0 Å². The van der Waals surface area contributed by atoms with Crippen molar-refractivity contribution in [2.75, 3.05) is 5.73 Å². The van der Waals surface area contributed by atoms with Crippen molar-refractivity contribution in [2.45, 2.75) is 6.42 Å². The molecule has 0 aliphatic carbocycles. The third kappa shape index (κ3) is 2.99. The van der Waals surface area contributed by atoms with Crippen LogP contribution in [-0.2, 0) is 6.42 Å². The Balaban J connectivity index is 2.00. The summed E-state index contributed by atoms with van der Waals surface area (Å²) in [7, 11) is 0. The first kappa shape index (κ1) is 10.5. The van der Waals surface area contributed by atoms with Crippen LogP contribution in [0.15, 0.2) is 60.7 Å². The first-order valence-electron chi connectivity index (χ1n) is 5.40. The summed E-state index contributed by atoms with van der Waals surface area (Å²) in [5, 5.41) is 0. The van der Waals surface area contributed by atoms with Crippen molar-refractivity contribution < 1.29 is 0 Å². The van der Waals surface area contributed by atoms with Crippen molar-refractivity contribution in [1.29, 1.82) is 0 Å². The Morgan fingerprint density at radius 1 is 0.938 bits per heavy atom. The van der Waals surface area contributed by atoms with Gasteiger partial charge in [-0.05, 0) is 29.7 Å². The van der Waals surface area contributed by atoms with E-state index in [0.29, 0.717) is 0 Å². The zero-order valence-electron chi connectivity index (χ0n) is 9.14. The Kier molecular flexibility index (Phi) is 3.39. The standard InChI is InChI=1S/C15H15N/c16-15-11-5-10-14(12-15)9-4-8-13-6-2-1-3-7-13/h1-7,9-12H,8,16H2/b9-4+. The molecule has 0 radical (unpaired) electrons. The van der Waals surface area contributed by atoms with Crippen molar-refractivity contribution in [2.24, 2.45) is 0 Å². The summed E-state index contributed by atoms with van der Waals surface area (Å²) in [4.78, 5) is 0. The third-order valence-electron chi connectivity index (χ3n) is 2.42. The van der Waals surface area contributed by atoms with E-state index in [1.165, 1.54) is 5.56 Å². The van der Waals surface area contributed by atoms with Crippen molar-refractivity contribution >= 4 is 11.8 Å². The van der Waals surface area contributed by atoms with Crippen LogP contribution >= 0.6 is 0 Å². The van der Waals surface area contributed by atoms with E-state index >= 15 is 0 Å². The summed E-state index contributed by atoms with van der Waals surface area (Å²) in [6, 6.07) is 18.3. The number of rotatable bonds is 3. The van der Waals surface area contributed by atoms with E-state index in [4.69, 9.17) is 5.73 Å². The second kappa shape index (κ2) is 5.17. The van der Waals surface area contributed by atoms with E-state index in [1.54, 1.807) is 0 Å². The molecule has 2 aromatic rings. The molecular formula is C15H15N. The number of benzene rings is 2. The number of allylic oxidation sites excluding steroid dienone is 1. The largest absolute Gasteiger partial charge is 0.399 e. The van der Waals surface area contributed by atoms with Crippen LogP contribution in [0, 0.1) is 0 Å². The molecule has 2 N–H and O–H groups in total. The minimum Gasteiger partial charge on any atom is -0.399 e. The second-order valence-electron chi connectivity index (χ2n) is 3.76. The lowest BCUT2D eigenvalue weighted by molar-refractivity contribution is 1.28. The van der Waals surface area contributed by atoms with Crippen molar-refractivity contribution in [1.82, 2.24) is 0 Å². The van der Waals surface area contributed by atoms with Crippen LogP contribution in [0.4, 0.5) is 5.69 Å². The normalized spacial score (nSPS) is 10.8. The highest BCUT2D eigenvalue weighted by Crippen LogP contribution is 2.09. The summed E-state index contributed by atoms with van der Waals surface area (Å²) in [6.07, 6.45) is 5.21. The predicted octanol–water partition coefficient (Wildman–Crippen LogP) is 3.52. The van der Waals surface area contributed by atoms with Gasteiger partial charge in [0.15, 0.2) is 0 Å². The number of hydrogen-bond acceptors (Lipinski definition) is 1. The van der Waals surface area contributed by atoms with E-state index < -0.39 is 0 Å². The van der Waals surface area contributed by atoms with Gasteiger partial charge in [0.1, 0.15) is 0 Å². The SMILES string of the molecule is Nc1cccc(/C=C/Cc2ccccc2)c1. The van der Waals surface area contributed by atoms with Gasteiger partial charge in [0.2, 0.25) is 0 Å². The monoisotopic (exact) mass is 209 g/mol. The lowest BCUT2D eigenvalue weighted by Crippen LogP contribution is -1.84. The molecule has 80 valence electrons. The van der Waals surface area contributed by atoms with E-state index in [9.17, 15) is 0 Å². The molecule has 0 fully saturated rings. The maximum Gasteiger partial charge on any atom is 0.0319 e. The van der Waals surface area contributed by atoms with Gasteiger partial charge in [-0.1, -0.05) is 54.6 Å². The Labute approximate surface area is 96.2 Å². The van der Waals surface area contributed by atoms with Crippen LogP contribution in [0.3, 0.4) is 0 Å². The zero-order valence-corrected chi connectivity index (χ0v) is 9.14. The average Bonchev–Trinajstić information content (AvgIpc) is 2.30. The predicted molar refractivity (Wildman–Crippen MR) is 70.0 cm³/mol. The summed E-state index contributed by atoms with van der Waals surface area (Å²) < 4.78 is 0. The molecule has 1 nitrogen and oxygen atoms in total. The summed E-state index contributed by atoms with van der Waals surface area (Å²) in [6.45, 7) is 0. The van der Waals surface area contributed by atoms with Crippen LogP contribution in [0.1, 0.15) is 11.1 Å². The molecule has 1 heteroatoms. The fourth-order valence-corrected chi connectivity index (χ4v) is 1.61. The molecular weight excluding hydrogens is 194 g/mol. The topological polar surface area (TPSA) is 26.0 Å². The van der Waals surface area contributed by atoms with Crippen molar-refractivity contribution in [3.05, 3.63) is 71.8 Å².